The van der Waals surface area contributed by atoms with Crippen LogP contribution in [0, 0.1) is 0 Å². The lowest BCUT2D eigenvalue weighted by Gasteiger charge is -2.30. The summed E-state index contributed by atoms with van der Waals surface area (Å²) in [6.45, 7) is 0.409. The van der Waals surface area contributed by atoms with E-state index in [0.29, 0.717) is 18.5 Å². The number of piperidine rings is 1. The molecule has 31 heavy (non-hydrogen) atoms. The number of sulfonamides is 1. The van der Waals surface area contributed by atoms with Crippen LogP contribution in [-0.2, 0) is 24.4 Å². The topological polar surface area (TPSA) is 133 Å². The number of carbonyl (C=O) groups excluding carboxylic acids is 2. The maximum atomic E-state index is 12.7. The normalized spacial score (nSPS) is 15.4. The van der Waals surface area contributed by atoms with Crippen molar-refractivity contribution in [3.8, 4) is 0 Å². The molecule has 166 valence electrons. The maximum Gasteiger partial charge on any atom is 0.305 e. The maximum absolute atomic E-state index is 12.7. The Morgan fingerprint density at radius 1 is 1.00 bits per heavy atom. The number of fused-ring (bicyclic) bond motifs is 1. The highest BCUT2D eigenvalue weighted by molar-refractivity contribution is 7.89. The molecule has 0 spiro atoms. The van der Waals surface area contributed by atoms with E-state index in [-0.39, 0.29) is 4.90 Å². The zero-order chi connectivity index (χ0) is 22.4. The number of carbonyl (C=O) groups is 3. The molecule has 1 heterocycles. The van der Waals surface area contributed by atoms with E-state index in [1.807, 2.05) is 0 Å². The second-order valence-corrected chi connectivity index (χ2v) is 9.14. The van der Waals surface area contributed by atoms with Gasteiger partial charge in [0.15, 0.2) is 0 Å². The number of carboxylic acid groups (broad SMARTS) is 1. The highest BCUT2D eigenvalue weighted by Crippen LogP contribution is 2.22. The fraction of sp³-hybridized carbons (Fsp3) is 0.381. The Morgan fingerprint density at radius 2 is 1.68 bits per heavy atom. The highest BCUT2D eigenvalue weighted by Gasteiger charge is 2.29. The molecule has 1 fully saturated rings. The summed E-state index contributed by atoms with van der Waals surface area (Å²) in [5.41, 5.74) is 0. The van der Waals surface area contributed by atoms with E-state index >= 15 is 0 Å². The van der Waals surface area contributed by atoms with Crippen LogP contribution in [0.15, 0.2) is 47.4 Å². The van der Waals surface area contributed by atoms with Crippen LogP contribution in [0.3, 0.4) is 0 Å². The Bertz CT molecular complexity index is 1070. The van der Waals surface area contributed by atoms with Crippen molar-refractivity contribution in [3.63, 3.8) is 0 Å². The first-order valence-corrected chi connectivity index (χ1v) is 11.5. The van der Waals surface area contributed by atoms with Gasteiger partial charge < -0.3 is 15.3 Å². The van der Waals surface area contributed by atoms with Crippen LogP contribution in [0.1, 0.15) is 25.7 Å². The van der Waals surface area contributed by atoms with Gasteiger partial charge in [0.05, 0.1) is 17.9 Å². The number of carboxylic acids is 1. The standard InChI is InChI=1S/C21H25N3O6S/c25-19(23-17(13-20(26)27)21(28)24-11-4-1-5-12-24)14-22-31(29,30)18-10-6-8-15-7-2-3-9-16(15)18/h2-3,6-10,17,22H,1,4-5,11-14H2,(H,23,25)(H,26,27)/t17-/m0/s1. The van der Waals surface area contributed by atoms with Gasteiger partial charge in [-0.25, -0.2) is 13.1 Å². The fourth-order valence-corrected chi connectivity index (χ4v) is 4.83. The fourth-order valence-electron chi connectivity index (χ4n) is 3.62. The molecule has 0 bridgehead atoms. The van der Waals surface area contributed by atoms with Crippen LogP contribution in [0.4, 0.5) is 0 Å². The van der Waals surface area contributed by atoms with E-state index in [2.05, 4.69) is 10.0 Å². The van der Waals surface area contributed by atoms with Gasteiger partial charge in [-0.05, 0) is 30.7 Å². The van der Waals surface area contributed by atoms with Crippen LogP contribution in [-0.4, -0.2) is 61.9 Å². The lowest BCUT2D eigenvalue weighted by Crippen LogP contribution is -2.52. The average molecular weight is 448 g/mol. The zero-order valence-electron chi connectivity index (χ0n) is 16.9. The molecule has 1 saturated heterocycles. The molecule has 0 radical (unpaired) electrons. The smallest absolute Gasteiger partial charge is 0.305 e. The van der Waals surface area contributed by atoms with Crippen LogP contribution in [0.5, 0.6) is 0 Å². The Labute approximate surface area is 180 Å². The van der Waals surface area contributed by atoms with Crippen molar-refractivity contribution in [1.82, 2.24) is 14.9 Å². The first-order chi connectivity index (χ1) is 14.8. The third-order valence-corrected chi connectivity index (χ3v) is 6.60. The summed E-state index contributed by atoms with van der Waals surface area (Å²) in [5.74, 6) is -2.47. The molecular formula is C21H25N3O6S. The highest BCUT2D eigenvalue weighted by atomic mass is 32.2. The SMILES string of the molecule is O=C(O)C[C@H](NC(=O)CNS(=O)(=O)c1cccc2ccccc12)C(=O)N1CCCCC1. The first kappa shape index (κ1) is 22.7. The van der Waals surface area contributed by atoms with Gasteiger partial charge in [0.1, 0.15) is 6.04 Å². The Balaban J connectivity index is 1.67. The lowest BCUT2D eigenvalue weighted by atomic mass is 10.1. The van der Waals surface area contributed by atoms with Gasteiger partial charge in [-0.1, -0.05) is 36.4 Å². The minimum Gasteiger partial charge on any atom is -0.481 e. The van der Waals surface area contributed by atoms with E-state index in [1.54, 1.807) is 36.4 Å². The van der Waals surface area contributed by atoms with Crippen LogP contribution in [0.2, 0.25) is 0 Å². The van der Waals surface area contributed by atoms with Crippen LogP contribution < -0.4 is 10.0 Å². The van der Waals surface area contributed by atoms with Gasteiger partial charge in [0, 0.05) is 18.5 Å². The van der Waals surface area contributed by atoms with Crippen molar-refractivity contribution in [2.75, 3.05) is 19.6 Å². The molecule has 0 aromatic heterocycles. The quantitative estimate of drug-likeness (QED) is 0.555. The molecule has 2 aromatic rings. The van der Waals surface area contributed by atoms with E-state index < -0.39 is 46.8 Å². The molecule has 2 aromatic carbocycles. The monoisotopic (exact) mass is 447 g/mol. The van der Waals surface area contributed by atoms with Gasteiger partial charge in [-0.2, -0.15) is 0 Å². The number of hydrogen-bond donors (Lipinski definition) is 3. The van der Waals surface area contributed by atoms with Crippen molar-refractivity contribution in [2.24, 2.45) is 0 Å². The summed E-state index contributed by atoms with van der Waals surface area (Å²) in [4.78, 5) is 37.8. The van der Waals surface area contributed by atoms with Gasteiger partial charge in [0.2, 0.25) is 21.8 Å². The molecule has 0 aliphatic carbocycles. The molecule has 3 rings (SSSR count). The molecule has 2 amide bonds. The molecule has 9 nitrogen and oxygen atoms in total. The molecular weight excluding hydrogens is 422 g/mol. The number of likely N-dealkylation sites (tertiary alicyclic amines) is 1. The summed E-state index contributed by atoms with van der Waals surface area (Å²) < 4.78 is 27.7. The average Bonchev–Trinajstić information content (AvgIpc) is 2.76. The summed E-state index contributed by atoms with van der Waals surface area (Å²) in [6, 6.07) is 10.5. The predicted octanol–water partition coefficient (Wildman–Crippen LogP) is 1.09. The summed E-state index contributed by atoms with van der Waals surface area (Å²) in [5, 5.41) is 12.7. The number of amides is 2. The minimum absolute atomic E-state index is 0.0323. The van der Waals surface area contributed by atoms with Crippen molar-refractivity contribution in [2.45, 2.75) is 36.6 Å². The Hall–Kier alpha value is -2.98. The molecule has 10 heteroatoms. The summed E-state index contributed by atoms with van der Waals surface area (Å²) >= 11 is 0. The second kappa shape index (κ2) is 9.88. The zero-order valence-corrected chi connectivity index (χ0v) is 17.7. The number of benzene rings is 2. The molecule has 1 atom stereocenters. The van der Waals surface area contributed by atoms with E-state index in [9.17, 15) is 22.8 Å². The van der Waals surface area contributed by atoms with E-state index in [0.717, 1.165) is 24.6 Å². The minimum atomic E-state index is -4.00. The van der Waals surface area contributed by atoms with Crippen LogP contribution >= 0.6 is 0 Å². The lowest BCUT2D eigenvalue weighted by molar-refractivity contribution is -0.144. The predicted molar refractivity (Wildman–Crippen MR) is 114 cm³/mol. The van der Waals surface area contributed by atoms with E-state index in [4.69, 9.17) is 5.11 Å². The largest absolute Gasteiger partial charge is 0.481 e. The molecule has 0 unspecified atom stereocenters. The van der Waals surface area contributed by atoms with Gasteiger partial charge in [-0.3, -0.25) is 14.4 Å². The number of aliphatic carboxylic acids is 1. The molecule has 1 aliphatic rings. The number of nitrogens with zero attached hydrogens (tertiary/aromatic N) is 1. The Kier molecular flexibility index (Phi) is 7.24. The molecule has 0 saturated carbocycles. The van der Waals surface area contributed by atoms with E-state index in [1.165, 1.54) is 11.0 Å². The van der Waals surface area contributed by atoms with Gasteiger partial charge >= 0.3 is 5.97 Å². The van der Waals surface area contributed by atoms with Gasteiger partial charge in [-0.15, -0.1) is 0 Å². The number of rotatable bonds is 8. The number of nitrogens with one attached hydrogen (secondary N) is 2. The van der Waals surface area contributed by atoms with Crippen molar-refractivity contribution in [3.05, 3.63) is 42.5 Å². The number of hydrogen-bond acceptors (Lipinski definition) is 5. The first-order valence-electron chi connectivity index (χ1n) is 10.1. The van der Waals surface area contributed by atoms with Crippen molar-refractivity contribution < 1.29 is 27.9 Å². The van der Waals surface area contributed by atoms with Crippen molar-refractivity contribution in [1.29, 1.82) is 0 Å². The Morgan fingerprint density at radius 3 is 2.39 bits per heavy atom. The van der Waals surface area contributed by atoms with Gasteiger partial charge in [0.25, 0.3) is 0 Å². The third-order valence-electron chi connectivity index (χ3n) is 5.14. The summed E-state index contributed by atoms with van der Waals surface area (Å²) in [7, 11) is -4.00. The van der Waals surface area contributed by atoms with Crippen molar-refractivity contribution >= 4 is 38.6 Å². The second-order valence-electron chi connectivity index (χ2n) is 7.41. The third kappa shape index (κ3) is 5.80. The van der Waals surface area contributed by atoms with Crippen LogP contribution in [0.25, 0.3) is 10.8 Å². The molecule has 1 aliphatic heterocycles. The summed E-state index contributed by atoms with van der Waals surface area (Å²) in [6.07, 6.45) is 2.07. The molecule has 3 N–H and O–H groups in total.